The summed E-state index contributed by atoms with van der Waals surface area (Å²) < 4.78 is 29.2. The Morgan fingerprint density at radius 1 is 0.889 bits per heavy atom. The fourth-order valence-electron chi connectivity index (χ4n) is 4.24. The Hall–Kier alpha value is -2.42. The number of hydrogen-bond donors (Lipinski definition) is 0. The van der Waals surface area contributed by atoms with Gasteiger partial charge in [-0.1, -0.05) is 56.3 Å². The van der Waals surface area contributed by atoms with E-state index in [1.165, 1.54) is 28.5 Å². The van der Waals surface area contributed by atoms with Crippen molar-refractivity contribution in [1.82, 2.24) is 0 Å². The van der Waals surface area contributed by atoms with Crippen LogP contribution in [0.4, 0.5) is 14.5 Å². The third-order valence-electron chi connectivity index (χ3n) is 5.78. The first-order chi connectivity index (χ1) is 13.0. The van der Waals surface area contributed by atoms with E-state index < -0.39 is 11.6 Å². The average molecular weight is 365 g/mol. The second-order valence-electron chi connectivity index (χ2n) is 7.82. The second-order valence-corrected chi connectivity index (χ2v) is 7.82. The predicted octanol–water partition coefficient (Wildman–Crippen LogP) is 6.63. The molecule has 0 saturated carbocycles. The van der Waals surface area contributed by atoms with Gasteiger partial charge in [-0.15, -0.1) is 0 Å². The summed E-state index contributed by atoms with van der Waals surface area (Å²) in [4.78, 5) is 1.87. The molecular formula is C24H25F2N. The van der Waals surface area contributed by atoms with Crippen LogP contribution in [0.3, 0.4) is 0 Å². The Balaban J connectivity index is 1.56. The lowest BCUT2D eigenvalue weighted by Crippen LogP contribution is -2.34. The van der Waals surface area contributed by atoms with Gasteiger partial charge in [0.1, 0.15) is 17.3 Å². The van der Waals surface area contributed by atoms with Crippen LogP contribution in [0.15, 0.2) is 54.6 Å². The standard InChI is InChI=1S/C24H25F2N/c1-16(2)19-14-22(25)24(23(26)15-19)27-12-10-18(11-13-27)21-9-5-7-17-6-3-4-8-20(17)21/h3-9,14-16,18H,10-13H2,1-2H3. The van der Waals surface area contributed by atoms with E-state index in [4.69, 9.17) is 0 Å². The fourth-order valence-corrected chi connectivity index (χ4v) is 4.24. The molecule has 0 amide bonds. The molecule has 0 radical (unpaired) electrons. The summed E-state index contributed by atoms with van der Waals surface area (Å²) in [5.74, 6) is -0.349. The van der Waals surface area contributed by atoms with Crippen LogP contribution in [-0.2, 0) is 0 Å². The zero-order valence-corrected chi connectivity index (χ0v) is 15.9. The summed E-state index contributed by atoms with van der Waals surface area (Å²) in [6.07, 6.45) is 1.80. The van der Waals surface area contributed by atoms with Gasteiger partial charge in [0, 0.05) is 13.1 Å². The van der Waals surface area contributed by atoms with Crippen LogP contribution in [-0.4, -0.2) is 13.1 Å². The summed E-state index contributed by atoms with van der Waals surface area (Å²) in [5.41, 5.74) is 2.19. The molecule has 0 aliphatic carbocycles. The number of fused-ring (bicyclic) bond motifs is 1. The molecular weight excluding hydrogens is 340 g/mol. The van der Waals surface area contributed by atoms with Gasteiger partial charge in [-0.25, -0.2) is 8.78 Å². The minimum atomic E-state index is -0.442. The van der Waals surface area contributed by atoms with Gasteiger partial charge in [0.05, 0.1) is 0 Å². The molecule has 1 fully saturated rings. The van der Waals surface area contributed by atoms with Crippen LogP contribution >= 0.6 is 0 Å². The molecule has 1 nitrogen and oxygen atoms in total. The van der Waals surface area contributed by atoms with E-state index in [1.54, 1.807) is 0 Å². The molecule has 27 heavy (non-hydrogen) atoms. The maximum atomic E-state index is 14.6. The van der Waals surface area contributed by atoms with Crippen molar-refractivity contribution < 1.29 is 8.78 Å². The lowest BCUT2D eigenvalue weighted by Gasteiger charge is -2.34. The van der Waals surface area contributed by atoms with Crippen molar-refractivity contribution in [3.63, 3.8) is 0 Å². The van der Waals surface area contributed by atoms with Crippen LogP contribution < -0.4 is 4.90 Å². The van der Waals surface area contributed by atoms with Gasteiger partial charge in [-0.2, -0.15) is 0 Å². The van der Waals surface area contributed by atoms with Crippen LogP contribution in [0.2, 0.25) is 0 Å². The highest BCUT2D eigenvalue weighted by Gasteiger charge is 2.26. The van der Waals surface area contributed by atoms with Crippen LogP contribution in [0.25, 0.3) is 10.8 Å². The summed E-state index contributed by atoms with van der Waals surface area (Å²) >= 11 is 0. The molecule has 1 heterocycles. The van der Waals surface area contributed by atoms with Gasteiger partial charge in [-0.3, -0.25) is 0 Å². The van der Waals surface area contributed by atoms with Gasteiger partial charge < -0.3 is 4.90 Å². The van der Waals surface area contributed by atoms with Crippen molar-refractivity contribution >= 4 is 16.5 Å². The maximum absolute atomic E-state index is 14.6. The third kappa shape index (κ3) is 3.43. The van der Waals surface area contributed by atoms with Crippen LogP contribution in [0.1, 0.15) is 49.7 Å². The summed E-state index contributed by atoms with van der Waals surface area (Å²) in [5, 5.41) is 2.54. The normalized spacial score (nSPS) is 15.7. The highest BCUT2D eigenvalue weighted by atomic mass is 19.1. The van der Waals surface area contributed by atoms with E-state index in [0.29, 0.717) is 24.6 Å². The van der Waals surface area contributed by atoms with Gasteiger partial charge >= 0.3 is 0 Å². The Bertz CT molecular complexity index is 927. The lowest BCUT2D eigenvalue weighted by molar-refractivity contribution is 0.487. The van der Waals surface area contributed by atoms with E-state index in [2.05, 4.69) is 42.5 Å². The monoisotopic (exact) mass is 365 g/mol. The number of piperidine rings is 1. The first kappa shape index (κ1) is 18.0. The number of benzene rings is 3. The SMILES string of the molecule is CC(C)c1cc(F)c(N2CCC(c3cccc4ccccc34)CC2)c(F)c1. The number of rotatable bonds is 3. The summed E-state index contributed by atoms with van der Waals surface area (Å²) in [6, 6.07) is 17.8. The zero-order chi connectivity index (χ0) is 19.0. The van der Waals surface area contributed by atoms with Crippen molar-refractivity contribution in [2.75, 3.05) is 18.0 Å². The predicted molar refractivity (Wildman–Crippen MR) is 109 cm³/mol. The first-order valence-corrected chi connectivity index (χ1v) is 9.76. The Morgan fingerprint density at radius 3 is 2.19 bits per heavy atom. The van der Waals surface area contributed by atoms with Crippen LogP contribution in [0, 0.1) is 11.6 Å². The van der Waals surface area contributed by atoms with Crippen LogP contribution in [0.5, 0.6) is 0 Å². The smallest absolute Gasteiger partial charge is 0.149 e. The highest BCUT2D eigenvalue weighted by Crippen LogP contribution is 2.36. The molecule has 1 saturated heterocycles. The molecule has 1 aliphatic rings. The first-order valence-electron chi connectivity index (χ1n) is 9.76. The minimum Gasteiger partial charge on any atom is -0.367 e. The second kappa shape index (κ2) is 7.30. The fraction of sp³-hybridized carbons (Fsp3) is 0.333. The quantitative estimate of drug-likeness (QED) is 0.504. The third-order valence-corrected chi connectivity index (χ3v) is 5.78. The minimum absolute atomic E-state index is 0.111. The molecule has 0 N–H and O–H groups in total. The van der Waals surface area contributed by atoms with Crippen molar-refractivity contribution in [3.8, 4) is 0 Å². The molecule has 3 aromatic carbocycles. The average Bonchev–Trinajstić information content (AvgIpc) is 2.67. The lowest BCUT2D eigenvalue weighted by atomic mass is 9.86. The summed E-state index contributed by atoms with van der Waals surface area (Å²) in [6.45, 7) is 5.23. The van der Waals surface area contributed by atoms with Crippen molar-refractivity contribution in [2.45, 2.75) is 38.5 Å². The highest BCUT2D eigenvalue weighted by molar-refractivity contribution is 5.86. The molecule has 0 spiro atoms. The zero-order valence-electron chi connectivity index (χ0n) is 15.9. The van der Waals surface area contributed by atoms with Gasteiger partial charge in [0.2, 0.25) is 0 Å². The van der Waals surface area contributed by atoms with Gasteiger partial charge in [0.25, 0.3) is 0 Å². The Kier molecular flexibility index (Phi) is 4.86. The van der Waals surface area contributed by atoms with Crippen molar-refractivity contribution in [2.24, 2.45) is 0 Å². The molecule has 4 rings (SSSR count). The molecule has 3 aromatic rings. The number of nitrogens with zero attached hydrogens (tertiary/aromatic N) is 1. The van der Waals surface area contributed by atoms with E-state index in [0.717, 1.165) is 12.8 Å². The molecule has 1 aliphatic heterocycles. The molecule has 0 atom stereocenters. The number of hydrogen-bond acceptors (Lipinski definition) is 1. The van der Waals surface area contributed by atoms with E-state index >= 15 is 0 Å². The van der Waals surface area contributed by atoms with E-state index in [-0.39, 0.29) is 11.6 Å². The van der Waals surface area contributed by atoms with E-state index in [9.17, 15) is 8.78 Å². The van der Waals surface area contributed by atoms with Crippen molar-refractivity contribution in [1.29, 1.82) is 0 Å². The van der Waals surface area contributed by atoms with Crippen molar-refractivity contribution in [3.05, 3.63) is 77.4 Å². The maximum Gasteiger partial charge on any atom is 0.149 e. The van der Waals surface area contributed by atoms with Gasteiger partial charge in [-0.05, 0) is 58.7 Å². The van der Waals surface area contributed by atoms with E-state index in [1.807, 2.05) is 18.7 Å². The molecule has 0 unspecified atom stereocenters. The topological polar surface area (TPSA) is 3.24 Å². The molecule has 3 heteroatoms. The number of anilines is 1. The molecule has 0 aromatic heterocycles. The Morgan fingerprint density at radius 2 is 1.52 bits per heavy atom. The molecule has 140 valence electrons. The largest absolute Gasteiger partial charge is 0.367 e. The van der Waals surface area contributed by atoms with Gasteiger partial charge in [0.15, 0.2) is 0 Å². The Labute approximate surface area is 159 Å². The summed E-state index contributed by atoms with van der Waals surface area (Å²) in [7, 11) is 0. The number of halogens is 2. The molecule has 0 bridgehead atoms.